The van der Waals surface area contributed by atoms with Crippen LogP contribution in [0.4, 0.5) is 0 Å². The lowest BCUT2D eigenvalue weighted by molar-refractivity contribution is -0.329. The fourth-order valence-electron chi connectivity index (χ4n) is 5.53. The van der Waals surface area contributed by atoms with E-state index in [1.54, 1.807) is 13.8 Å². The first-order chi connectivity index (χ1) is 14.3. The molecule has 1 saturated heterocycles. The molecule has 0 radical (unpaired) electrons. The molecule has 1 heterocycles. The third kappa shape index (κ3) is 4.30. The van der Waals surface area contributed by atoms with Crippen LogP contribution in [-0.2, 0) is 14.3 Å². The molecule has 3 aliphatic rings. The van der Waals surface area contributed by atoms with Gasteiger partial charge in [-0.2, -0.15) is 0 Å². The monoisotopic (exact) mass is 448 g/mol. The summed E-state index contributed by atoms with van der Waals surface area (Å²) in [6.45, 7) is 3.81. The van der Waals surface area contributed by atoms with E-state index in [0.29, 0.717) is 12.8 Å². The van der Waals surface area contributed by atoms with Crippen LogP contribution in [0.3, 0.4) is 0 Å². The van der Waals surface area contributed by atoms with Gasteiger partial charge in [0, 0.05) is 18.3 Å². The Morgan fingerprint density at radius 3 is 2.32 bits per heavy atom. The SMILES string of the molecule is CC(C)(O[C@H]1O[C@@H](CO)[C@H](O)[C@@H](O)[C@@H]1O)[C@@H]1CC[C@](O)(CO)[C@H]2CC(=O)[C@@](C)(O)[C@H]2C1. The lowest BCUT2D eigenvalue weighted by atomic mass is 9.74. The van der Waals surface area contributed by atoms with Crippen molar-refractivity contribution >= 4 is 5.78 Å². The minimum Gasteiger partial charge on any atom is -0.394 e. The number of hydrogen-bond donors (Lipinski definition) is 7. The second-order valence-electron chi connectivity index (χ2n) is 10.1. The fraction of sp³-hybridized carbons (Fsp3) is 0.952. The van der Waals surface area contributed by atoms with Gasteiger partial charge in [0.25, 0.3) is 0 Å². The number of carbonyl (C=O) groups is 1. The van der Waals surface area contributed by atoms with E-state index in [2.05, 4.69) is 0 Å². The summed E-state index contributed by atoms with van der Waals surface area (Å²) in [5, 5.41) is 71.5. The van der Waals surface area contributed by atoms with E-state index in [0.717, 1.165) is 0 Å². The Balaban J connectivity index is 1.83. The molecular formula is C21H36O10. The summed E-state index contributed by atoms with van der Waals surface area (Å²) < 4.78 is 11.5. The number of carbonyl (C=O) groups excluding carboxylic acids is 1. The maximum absolute atomic E-state index is 12.4. The summed E-state index contributed by atoms with van der Waals surface area (Å²) in [6, 6.07) is 0. The van der Waals surface area contributed by atoms with Crippen molar-refractivity contribution in [1.82, 2.24) is 0 Å². The second kappa shape index (κ2) is 8.58. The summed E-state index contributed by atoms with van der Waals surface area (Å²) in [7, 11) is 0. The van der Waals surface area contributed by atoms with Crippen LogP contribution in [-0.4, -0.2) is 102 Å². The zero-order valence-electron chi connectivity index (χ0n) is 18.2. The van der Waals surface area contributed by atoms with Crippen LogP contribution < -0.4 is 0 Å². The average molecular weight is 449 g/mol. The number of aliphatic hydroxyl groups excluding tert-OH is 5. The number of hydrogen-bond acceptors (Lipinski definition) is 10. The number of ketones is 1. The minimum atomic E-state index is -1.64. The van der Waals surface area contributed by atoms with E-state index in [-0.39, 0.29) is 24.5 Å². The highest BCUT2D eigenvalue weighted by Crippen LogP contribution is 2.52. The molecule has 10 heteroatoms. The predicted octanol–water partition coefficient (Wildman–Crippen LogP) is -1.94. The van der Waals surface area contributed by atoms with Gasteiger partial charge in [0.15, 0.2) is 12.1 Å². The highest BCUT2D eigenvalue weighted by atomic mass is 16.7. The normalized spacial score (nSPS) is 49.0. The molecule has 0 unspecified atom stereocenters. The molecule has 7 N–H and O–H groups in total. The molecule has 0 spiro atoms. The number of Topliss-reactive ketones (excluding diaryl/α,β-unsaturated/α-hetero) is 1. The Bertz CT molecular complexity index is 665. The van der Waals surface area contributed by atoms with E-state index in [1.807, 2.05) is 0 Å². The maximum Gasteiger partial charge on any atom is 0.187 e. The molecule has 0 aromatic carbocycles. The summed E-state index contributed by atoms with van der Waals surface area (Å²) in [4.78, 5) is 12.4. The van der Waals surface area contributed by atoms with Crippen molar-refractivity contribution < 1.29 is 50.0 Å². The predicted molar refractivity (Wildman–Crippen MR) is 106 cm³/mol. The molecule has 3 rings (SSSR count). The van der Waals surface area contributed by atoms with Crippen LogP contribution in [0.15, 0.2) is 0 Å². The van der Waals surface area contributed by atoms with Crippen molar-refractivity contribution in [3.63, 3.8) is 0 Å². The van der Waals surface area contributed by atoms with Gasteiger partial charge in [-0.05, 0) is 46.0 Å². The van der Waals surface area contributed by atoms with Crippen LogP contribution in [0.25, 0.3) is 0 Å². The van der Waals surface area contributed by atoms with Crippen molar-refractivity contribution in [2.24, 2.45) is 17.8 Å². The Morgan fingerprint density at radius 2 is 1.74 bits per heavy atom. The second-order valence-corrected chi connectivity index (χ2v) is 10.1. The summed E-state index contributed by atoms with van der Waals surface area (Å²) in [6.07, 6.45) is -6.14. The lowest BCUT2D eigenvalue weighted by Crippen LogP contribution is -2.61. The molecule has 0 bridgehead atoms. The van der Waals surface area contributed by atoms with Gasteiger partial charge in [0.05, 0.1) is 24.4 Å². The lowest BCUT2D eigenvalue weighted by Gasteiger charge is -2.45. The van der Waals surface area contributed by atoms with Gasteiger partial charge >= 0.3 is 0 Å². The van der Waals surface area contributed by atoms with E-state index in [9.17, 15) is 40.5 Å². The number of rotatable bonds is 5. The maximum atomic E-state index is 12.4. The Hall–Kier alpha value is -0.690. The van der Waals surface area contributed by atoms with Crippen LogP contribution in [0.1, 0.15) is 46.5 Å². The highest BCUT2D eigenvalue weighted by molar-refractivity contribution is 5.89. The Labute approximate surface area is 181 Å². The first-order valence-electron chi connectivity index (χ1n) is 10.9. The quantitative estimate of drug-likeness (QED) is 0.250. The van der Waals surface area contributed by atoms with E-state index in [1.165, 1.54) is 6.92 Å². The fourth-order valence-corrected chi connectivity index (χ4v) is 5.53. The topological polar surface area (TPSA) is 177 Å². The summed E-state index contributed by atoms with van der Waals surface area (Å²) >= 11 is 0. The average Bonchev–Trinajstić information content (AvgIpc) is 2.84. The molecule has 0 amide bonds. The van der Waals surface area contributed by atoms with Gasteiger partial charge in [-0.25, -0.2) is 0 Å². The third-order valence-corrected chi connectivity index (χ3v) is 7.86. The summed E-state index contributed by atoms with van der Waals surface area (Å²) in [5.74, 6) is -1.86. The van der Waals surface area contributed by atoms with Crippen molar-refractivity contribution in [2.75, 3.05) is 13.2 Å². The van der Waals surface area contributed by atoms with Crippen LogP contribution in [0, 0.1) is 17.8 Å². The zero-order valence-corrected chi connectivity index (χ0v) is 18.2. The summed E-state index contributed by atoms with van der Waals surface area (Å²) in [5.41, 5.74) is -4.15. The van der Waals surface area contributed by atoms with Crippen LogP contribution >= 0.6 is 0 Å². The first-order valence-corrected chi connectivity index (χ1v) is 10.9. The Morgan fingerprint density at radius 1 is 1.10 bits per heavy atom. The largest absolute Gasteiger partial charge is 0.394 e. The van der Waals surface area contributed by atoms with Gasteiger partial charge in [-0.3, -0.25) is 4.79 Å². The van der Waals surface area contributed by atoms with Gasteiger partial charge < -0.3 is 45.2 Å². The van der Waals surface area contributed by atoms with E-state index < -0.39 is 72.6 Å². The molecular weight excluding hydrogens is 412 g/mol. The molecule has 3 fully saturated rings. The van der Waals surface area contributed by atoms with Gasteiger partial charge in [0.2, 0.25) is 0 Å². The molecule has 1 aliphatic heterocycles. The van der Waals surface area contributed by atoms with Crippen LogP contribution in [0.5, 0.6) is 0 Å². The molecule has 180 valence electrons. The number of fused-ring (bicyclic) bond motifs is 1. The van der Waals surface area contributed by atoms with E-state index in [4.69, 9.17) is 9.47 Å². The van der Waals surface area contributed by atoms with Crippen LogP contribution in [0.2, 0.25) is 0 Å². The molecule has 10 atom stereocenters. The van der Waals surface area contributed by atoms with Crippen molar-refractivity contribution in [1.29, 1.82) is 0 Å². The van der Waals surface area contributed by atoms with Gasteiger partial charge in [-0.15, -0.1) is 0 Å². The molecule has 2 saturated carbocycles. The molecule has 0 aromatic rings. The molecule has 31 heavy (non-hydrogen) atoms. The Kier molecular flexibility index (Phi) is 6.91. The zero-order chi connectivity index (χ0) is 23.4. The number of ether oxygens (including phenoxy) is 2. The molecule has 10 nitrogen and oxygen atoms in total. The van der Waals surface area contributed by atoms with Crippen molar-refractivity contribution in [3.8, 4) is 0 Å². The molecule has 2 aliphatic carbocycles. The standard InChI is InChI=1S/C21H36O10/c1-19(2,31-18-17(27)16(26)15(25)13(8-22)30-18)10-4-5-21(29,9-23)12-7-14(24)20(3,28)11(12)6-10/h10-13,15-18,22-23,25-29H,4-9H2,1-3H3/t10-,11+,12+,13+,15+,16-,17+,18-,20+,21+/m1/s1. The minimum absolute atomic E-state index is 0.0184. The van der Waals surface area contributed by atoms with Crippen molar-refractivity contribution in [2.45, 2.75) is 94.0 Å². The van der Waals surface area contributed by atoms with E-state index >= 15 is 0 Å². The van der Waals surface area contributed by atoms with Crippen molar-refractivity contribution in [3.05, 3.63) is 0 Å². The highest BCUT2D eigenvalue weighted by Gasteiger charge is 2.60. The molecule has 0 aromatic heterocycles. The first kappa shape index (κ1) is 24.9. The van der Waals surface area contributed by atoms with Gasteiger partial charge in [0.1, 0.15) is 30.0 Å². The van der Waals surface area contributed by atoms with Gasteiger partial charge in [-0.1, -0.05) is 0 Å². The number of aliphatic hydroxyl groups is 7. The third-order valence-electron chi connectivity index (χ3n) is 7.86. The smallest absolute Gasteiger partial charge is 0.187 e.